The van der Waals surface area contributed by atoms with Gasteiger partial charge in [-0.2, -0.15) is 4.98 Å². The van der Waals surface area contributed by atoms with E-state index in [4.69, 9.17) is 9.26 Å². The van der Waals surface area contributed by atoms with Gasteiger partial charge < -0.3 is 9.26 Å². The molecule has 1 saturated heterocycles. The lowest BCUT2D eigenvalue weighted by atomic mass is 10.1. The Hall–Kier alpha value is -1.43. The Balaban J connectivity index is 1.99. The van der Waals surface area contributed by atoms with E-state index in [1.807, 2.05) is 34.6 Å². The first-order valence-electron chi connectivity index (χ1n) is 7.55. The summed E-state index contributed by atoms with van der Waals surface area (Å²) in [6.07, 6.45) is 1.80. The largest absolute Gasteiger partial charge is 0.459 e. The van der Waals surface area contributed by atoms with E-state index >= 15 is 0 Å². The average Bonchev–Trinajstić information content (AvgIpc) is 2.96. The van der Waals surface area contributed by atoms with Gasteiger partial charge in [0.1, 0.15) is 11.6 Å². The summed E-state index contributed by atoms with van der Waals surface area (Å²) < 4.78 is 10.7. The Morgan fingerprint density at radius 3 is 2.76 bits per heavy atom. The van der Waals surface area contributed by atoms with Crippen LogP contribution in [0.15, 0.2) is 4.52 Å². The van der Waals surface area contributed by atoms with Crippen molar-refractivity contribution < 1.29 is 14.1 Å². The Bertz CT molecular complexity index is 491. The number of rotatable bonds is 4. The van der Waals surface area contributed by atoms with E-state index in [0.717, 1.165) is 19.4 Å². The lowest BCUT2D eigenvalue weighted by molar-refractivity contribution is -0.160. The normalized spacial score (nSPS) is 20.2. The number of carbonyl (C=O) groups is 1. The highest BCUT2D eigenvalue weighted by Gasteiger charge is 2.34. The summed E-state index contributed by atoms with van der Waals surface area (Å²) >= 11 is 0. The fourth-order valence-electron chi connectivity index (χ4n) is 2.39. The Morgan fingerprint density at radius 2 is 2.19 bits per heavy atom. The third-order valence-electron chi connectivity index (χ3n) is 3.38. The average molecular weight is 295 g/mol. The lowest BCUT2D eigenvalue weighted by Crippen LogP contribution is -2.40. The zero-order chi connectivity index (χ0) is 15.6. The molecule has 6 nitrogen and oxygen atoms in total. The van der Waals surface area contributed by atoms with E-state index in [1.165, 1.54) is 0 Å². The van der Waals surface area contributed by atoms with Crippen molar-refractivity contribution in [1.82, 2.24) is 15.0 Å². The van der Waals surface area contributed by atoms with Crippen LogP contribution in [-0.2, 0) is 16.1 Å². The second kappa shape index (κ2) is 6.13. The zero-order valence-electron chi connectivity index (χ0n) is 13.5. The molecular weight excluding hydrogens is 270 g/mol. The molecule has 1 aliphatic heterocycles. The molecule has 1 aromatic heterocycles. The lowest BCUT2D eigenvalue weighted by Gasteiger charge is -2.26. The summed E-state index contributed by atoms with van der Waals surface area (Å²) in [6.45, 7) is 11.1. The maximum absolute atomic E-state index is 12.2. The SMILES string of the molecule is CC(C)c1noc(CN2CCC[C@H]2C(=O)OC(C)(C)C)n1. The molecule has 1 aromatic rings. The highest BCUT2D eigenvalue weighted by Crippen LogP contribution is 2.23. The molecule has 0 unspecified atom stereocenters. The van der Waals surface area contributed by atoms with Gasteiger partial charge in [-0.15, -0.1) is 0 Å². The summed E-state index contributed by atoms with van der Waals surface area (Å²) in [5, 5.41) is 3.96. The van der Waals surface area contributed by atoms with E-state index in [0.29, 0.717) is 18.3 Å². The highest BCUT2D eigenvalue weighted by molar-refractivity contribution is 5.76. The molecule has 0 saturated carbocycles. The minimum absolute atomic E-state index is 0.163. The molecule has 0 spiro atoms. The van der Waals surface area contributed by atoms with Crippen LogP contribution in [0.4, 0.5) is 0 Å². The molecule has 1 fully saturated rings. The number of nitrogens with zero attached hydrogens (tertiary/aromatic N) is 3. The number of hydrogen-bond acceptors (Lipinski definition) is 6. The van der Waals surface area contributed by atoms with Crippen molar-refractivity contribution in [2.24, 2.45) is 0 Å². The molecule has 0 bridgehead atoms. The van der Waals surface area contributed by atoms with Crippen molar-refractivity contribution in [1.29, 1.82) is 0 Å². The first kappa shape index (κ1) is 15.9. The van der Waals surface area contributed by atoms with Crippen LogP contribution in [0.1, 0.15) is 65.1 Å². The van der Waals surface area contributed by atoms with Crippen LogP contribution < -0.4 is 0 Å². The smallest absolute Gasteiger partial charge is 0.323 e. The standard InChI is InChI=1S/C15H25N3O3/c1-10(2)13-16-12(21-17-13)9-18-8-6-7-11(18)14(19)20-15(3,4)5/h10-11H,6-9H2,1-5H3/t11-/m0/s1. The molecule has 0 N–H and O–H groups in total. The van der Waals surface area contributed by atoms with Crippen molar-refractivity contribution in [3.8, 4) is 0 Å². The fraction of sp³-hybridized carbons (Fsp3) is 0.800. The number of likely N-dealkylation sites (tertiary alicyclic amines) is 1. The monoisotopic (exact) mass is 295 g/mol. The Kier molecular flexibility index (Phi) is 4.66. The quantitative estimate of drug-likeness (QED) is 0.795. The number of ether oxygens (including phenoxy) is 1. The maximum atomic E-state index is 12.2. The van der Waals surface area contributed by atoms with E-state index < -0.39 is 5.60 Å². The topological polar surface area (TPSA) is 68.5 Å². The van der Waals surface area contributed by atoms with Gasteiger partial charge in [0, 0.05) is 5.92 Å². The van der Waals surface area contributed by atoms with Crippen LogP contribution in [0, 0.1) is 0 Å². The Labute approximate surface area is 125 Å². The van der Waals surface area contributed by atoms with Gasteiger partial charge in [-0.1, -0.05) is 19.0 Å². The minimum Gasteiger partial charge on any atom is -0.459 e. The zero-order valence-corrected chi connectivity index (χ0v) is 13.5. The van der Waals surface area contributed by atoms with Crippen LogP contribution in [0.25, 0.3) is 0 Å². The van der Waals surface area contributed by atoms with Gasteiger partial charge >= 0.3 is 5.97 Å². The van der Waals surface area contributed by atoms with Gasteiger partial charge in [0.05, 0.1) is 6.54 Å². The summed E-state index contributed by atoms with van der Waals surface area (Å²) in [5.74, 6) is 1.35. The third-order valence-corrected chi connectivity index (χ3v) is 3.38. The Morgan fingerprint density at radius 1 is 1.48 bits per heavy atom. The van der Waals surface area contributed by atoms with Crippen molar-refractivity contribution in [2.45, 2.75) is 71.6 Å². The third kappa shape index (κ3) is 4.27. The number of carbonyl (C=O) groups excluding carboxylic acids is 1. The van der Waals surface area contributed by atoms with Gasteiger partial charge in [0.15, 0.2) is 5.82 Å². The summed E-state index contributed by atoms with van der Waals surface area (Å²) in [6, 6.07) is -0.210. The van der Waals surface area contributed by atoms with Crippen molar-refractivity contribution in [3.05, 3.63) is 11.7 Å². The van der Waals surface area contributed by atoms with Gasteiger partial charge in [-0.25, -0.2) is 0 Å². The molecule has 0 aliphatic carbocycles. The fourth-order valence-corrected chi connectivity index (χ4v) is 2.39. The van der Waals surface area contributed by atoms with Crippen molar-refractivity contribution in [2.75, 3.05) is 6.54 Å². The summed E-state index contributed by atoms with van der Waals surface area (Å²) in [7, 11) is 0. The molecule has 0 radical (unpaired) electrons. The van der Waals surface area contributed by atoms with E-state index in [1.54, 1.807) is 0 Å². The number of aromatic nitrogens is 2. The molecule has 0 aromatic carbocycles. The summed E-state index contributed by atoms with van der Waals surface area (Å²) in [4.78, 5) is 18.7. The maximum Gasteiger partial charge on any atom is 0.323 e. The van der Waals surface area contributed by atoms with Crippen LogP contribution in [0.3, 0.4) is 0 Å². The summed E-state index contributed by atoms with van der Waals surface area (Å²) in [5.41, 5.74) is -0.458. The van der Waals surface area contributed by atoms with E-state index in [9.17, 15) is 4.79 Å². The van der Waals surface area contributed by atoms with Crippen LogP contribution in [-0.4, -0.2) is 39.2 Å². The second-order valence-corrected chi connectivity index (χ2v) is 6.86. The van der Waals surface area contributed by atoms with E-state index in [-0.39, 0.29) is 17.9 Å². The van der Waals surface area contributed by atoms with Gasteiger partial charge in [0.2, 0.25) is 5.89 Å². The molecule has 2 rings (SSSR count). The molecular formula is C15H25N3O3. The first-order chi connectivity index (χ1) is 9.76. The predicted molar refractivity (Wildman–Crippen MR) is 77.7 cm³/mol. The number of hydrogen-bond donors (Lipinski definition) is 0. The molecule has 0 amide bonds. The van der Waals surface area contributed by atoms with Crippen LogP contribution in [0.2, 0.25) is 0 Å². The molecule has 118 valence electrons. The molecule has 21 heavy (non-hydrogen) atoms. The van der Waals surface area contributed by atoms with Crippen molar-refractivity contribution >= 4 is 5.97 Å². The minimum atomic E-state index is -0.458. The first-order valence-corrected chi connectivity index (χ1v) is 7.55. The van der Waals surface area contributed by atoms with E-state index in [2.05, 4.69) is 15.0 Å². The number of esters is 1. The van der Waals surface area contributed by atoms with Gasteiger partial charge in [-0.05, 0) is 40.2 Å². The molecule has 6 heteroatoms. The van der Waals surface area contributed by atoms with Gasteiger partial charge in [-0.3, -0.25) is 9.69 Å². The second-order valence-electron chi connectivity index (χ2n) is 6.86. The van der Waals surface area contributed by atoms with Crippen molar-refractivity contribution in [3.63, 3.8) is 0 Å². The molecule has 2 heterocycles. The molecule has 1 atom stereocenters. The molecule has 1 aliphatic rings. The highest BCUT2D eigenvalue weighted by atomic mass is 16.6. The van der Waals surface area contributed by atoms with Crippen LogP contribution in [0.5, 0.6) is 0 Å². The van der Waals surface area contributed by atoms with Gasteiger partial charge in [0.25, 0.3) is 0 Å². The predicted octanol–water partition coefficient (Wildman–Crippen LogP) is 2.50. The van der Waals surface area contributed by atoms with Crippen LogP contribution >= 0.6 is 0 Å².